The number of anilines is 1. The molecule has 0 spiro atoms. The maximum atomic E-state index is 12.5. The Hall–Kier alpha value is -1.31. The second kappa shape index (κ2) is 7.99. The molecule has 0 amide bonds. The van der Waals surface area contributed by atoms with E-state index in [1.807, 2.05) is 24.3 Å². The second-order valence-corrected chi connectivity index (χ2v) is 7.75. The van der Waals surface area contributed by atoms with Crippen LogP contribution in [0.15, 0.2) is 24.3 Å². The molecule has 1 fully saturated rings. The van der Waals surface area contributed by atoms with Crippen molar-refractivity contribution in [3.8, 4) is 5.75 Å². The van der Waals surface area contributed by atoms with Gasteiger partial charge in [-0.25, -0.2) is 12.7 Å². The van der Waals surface area contributed by atoms with Crippen molar-refractivity contribution in [1.82, 2.24) is 4.31 Å². The van der Waals surface area contributed by atoms with Crippen molar-refractivity contribution in [3.63, 3.8) is 0 Å². The number of methoxy groups -OCH3 is 2. The Kier molecular flexibility index (Phi) is 6.26. The fraction of sp³-hybridized carbons (Fsp3) is 0.625. The molecule has 1 aliphatic heterocycles. The van der Waals surface area contributed by atoms with Crippen LogP contribution in [0.5, 0.6) is 5.75 Å². The van der Waals surface area contributed by atoms with Gasteiger partial charge in [-0.2, -0.15) is 0 Å². The van der Waals surface area contributed by atoms with E-state index in [1.54, 1.807) is 18.3 Å². The van der Waals surface area contributed by atoms with Crippen LogP contribution in [-0.2, 0) is 14.8 Å². The van der Waals surface area contributed by atoms with Crippen LogP contribution in [0.3, 0.4) is 0 Å². The molecule has 130 valence electrons. The van der Waals surface area contributed by atoms with Crippen LogP contribution in [0.2, 0.25) is 0 Å². The summed E-state index contributed by atoms with van der Waals surface area (Å²) in [7, 11) is -0.103. The van der Waals surface area contributed by atoms with Gasteiger partial charge in [0.25, 0.3) is 0 Å². The molecule has 1 aromatic carbocycles. The van der Waals surface area contributed by atoms with Gasteiger partial charge >= 0.3 is 0 Å². The van der Waals surface area contributed by atoms with Gasteiger partial charge in [0.1, 0.15) is 5.75 Å². The van der Waals surface area contributed by atoms with Crippen molar-refractivity contribution in [3.05, 3.63) is 24.3 Å². The highest BCUT2D eigenvalue weighted by Gasteiger charge is 2.27. The van der Waals surface area contributed by atoms with Gasteiger partial charge in [-0.05, 0) is 25.5 Å². The molecular formula is C16H26N2O4S. The zero-order chi connectivity index (χ0) is 16.9. The van der Waals surface area contributed by atoms with E-state index in [0.717, 1.165) is 24.4 Å². The maximum Gasteiger partial charge on any atom is 0.216 e. The molecule has 2 rings (SSSR count). The number of rotatable bonds is 6. The van der Waals surface area contributed by atoms with Gasteiger partial charge in [0, 0.05) is 33.3 Å². The van der Waals surface area contributed by atoms with Gasteiger partial charge in [-0.1, -0.05) is 12.1 Å². The molecule has 0 radical (unpaired) electrons. The number of para-hydroxylation sites is 2. The predicted octanol–water partition coefficient (Wildman–Crippen LogP) is 1.57. The molecular weight excluding hydrogens is 316 g/mol. The van der Waals surface area contributed by atoms with E-state index in [-0.39, 0.29) is 11.9 Å². The number of ether oxygens (including phenoxy) is 2. The standard InChI is InChI=1S/C16H26N2O4S/c1-14(21-2)13-23(19,20)18-10-6-9-17(11-12-18)15-7-4-5-8-16(15)22-3/h4-5,7-8,14H,6,9-13H2,1-3H3. The van der Waals surface area contributed by atoms with Crippen LogP contribution in [0.1, 0.15) is 13.3 Å². The van der Waals surface area contributed by atoms with Crippen LogP contribution < -0.4 is 9.64 Å². The quantitative estimate of drug-likeness (QED) is 0.785. The molecule has 1 aliphatic rings. The van der Waals surface area contributed by atoms with Crippen molar-refractivity contribution >= 4 is 15.7 Å². The summed E-state index contributed by atoms with van der Waals surface area (Å²) in [6.07, 6.45) is 0.493. The largest absolute Gasteiger partial charge is 0.495 e. The summed E-state index contributed by atoms with van der Waals surface area (Å²) in [4.78, 5) is 2.19. The molecule has 1 aromatic rings. The van der Waals surface area contributed by atoms with Crippen molar-refractivity contribution in [2.24, 2.45) is 0 Å². The highest BCUT2D eigenvalue weighted by molar-refractivity contribution is 7.89. The van der Waals surface area contributed by atoms with E-state index in [0.29, 0.717) is 19.6 Å². The van der Waals surface area contributed by atoms with E-state index in [1.165, 1.54) is 7.11 Å². The summed E-state index contributed by atoms with van der Waals surface area (Å²) in [6.45, 7) is 4.27. The molecule has 0 N–H and O–H groups in total. The highest BCUT2D eigenvalue weighted by Crippen LogP contribution is 2.28. The van der Waals surface area contributed by atoms with Crippen molar-refractivity contribution < 1.29 is 17.9 Å². The molecule has 7 heteroatoms. The molecule has 1 heterocycles. The maximum absolute atomic E-state index is 12.5. The van der Waals surface area contributed by atoms with Gasteiger partial charge in [-0.3, -0.25) is 0 Å². The Morgan fingerprint density at radius 2 is 1.87 bits per heavy atom. The minimum Gasteiger partial charge on any atom is -0.495 e. The van der Waals surface area contributed by atoms with Gasteiger partial charge in [0.05, 0.1) is 24.7 Å². The number of nitrogens with zero attached hydrogens (tertiary/aromatic N) is 2. The van der Waals surface area contributed by atoms with Crippen molar-refractivity contribution in [2.75, 3.05) is 51.1 Å². The summed E-state index contributed by atoms with van der Waals surface area (Å²) in [5.74, 6) is 0.842. The first-order valence-electron chi connectivity index (χ1n) is 7.86. The number of benzene rings is 1. The second-order valence-electron chi connectivity index (χ2n) is 5.74. The Balaban J connectivity index is 2.08. The summed E-state index contributed by atoms with van der Waals surface area (Å²) in [5.41, 5.74) is 1.01. The average molecular weight is 342 g/mol. The Morgan fingerprint density at radius 3 is 2.57 bits per heavy atom. The molecule has 0 bridgehead atoms. The van der Waals surface area contributed by atoms with Crippen LogP contribution in [0.4, 0.5) is 5.69 Å². The fourth-order valence-electron chi connectivity index (χ4n) is 2.77. The van der Waals surface area contributed by atoms with Gasteiger partial charge < -0.3 is 14.4 Å². The third-order valence-corrected chi connectivity index (χ3v) is 6.16. The minimum atomic E-state index is -3.29. The Labute approximate surface area is 139 Å². The summed E-state index contributed by atoms with van der Waals surface area (Å²) in [5, 5.41) is 0. The zero-order valence-electron chi connectivity index (χ0n) is 14.1. The predicted molar refractivity (Wildman–Crippen MR) is 91.7 cm³/mol. The average Bonchev–Trinajstić information content (AvgIpc) is 2.80. The minimum absolute atomic E-state index is 0.0260. The number of hydrogen-bond donors (Lipinski definition) is 0. The topological polar surface area (TPSA) is 59.1 Å². The monoisotopic (exact) mass is 342 g/mol. The molecule has 0 saturated carbocycles. The van der Waals surface area contributed by atoms with E-state index >= 15 is 0 Å². The van der Waals surface area contributed by atoms with Crippen molar-refractivity contribution in [1.29, 1.82) is 0 Å². The lowest BCUT2D eigenvalue weighted by atomic mass is 10.2. The van der Waals surface area contributed by atoms with Crippen molar-refractivity contribution in [2.45, 2.75) is 19.4 Å². The Bertz CT molecular complexity index is 606. The SMILES string of the molecule is COc1ccccc1N1CCCN(S(=O)(=O)CC(C)OC)CC1. The molecule has 1 saturated heterocycles. The molecule has 6 nitrogen and oxygen atoms in total. The summed E-state index contributed by atoms with van der Waals surface area (Å²) in [6, 6.07) is 7.84. The third kappa shape index (κ3) is 4.59. The van der Waals surface area contributed by atoms with Crippen LogP contribution >= 0.6 is 0 Å². The van der Waals surface area contributed by atoms with E-state index < -0.39 is 10.0 Å². The zero-order valence-corrected chi connectivity index (χ0v) is 14.9. The Morgan fingerprint density at radius 1 is 1.13 bits per heavy atom. The van der Waals surface area contributed by atoms with Gasteiger partial charge in [0.2, 0.25) is 10.0 Å². The lowest BCUT2D eigenvalue weighted by Gasteiger charge is -2.25. The lowest BCUT2D eigenvalue weighted by Crippen LogP contribution is -2.39. The molecule has 1 atom stereocenters. The first-order chi connectivity index (χ1) is 11.0. The third-order valence-electron chi connectivity index (χ3n) is 4.12. The lowest BCUT2D eigenvalue weighted by molar-refractivity contribution is 0.135. The van der Waals surface area contributed by atoms with Crippen LogP contribution in [0, 0.1) is 0 Å². The summed E-state index contributed by atoms with van der Waals surface area (Å²) < 4.78 is 37.0. The van der Waals surface area contributed by atoms with E-state index in [2.05, 4.69) is 4.90 Å². The summed E-state index contributed by atoms with van der Waals surface area (Å²) >= 11 is 0. The molecule has 1 unspecified atom stereocenters. The van der Waals surface area contributed by atoms with Gasteiger partial charge in [-0.15, -0.1) is 0 Å². The van der Waals surface area contributed by atoms with Crippen LogP contribution in [-0.4, -0.2) is 65.0 Å². The van der Waals surface area contributed by atoms with Gasteiger partial charge in [0.15, 0.2) is 0 Å². The van der Waals surface area contributed by atoms with Crippen LogP contribution in [0.25, 0.3) is 0 Å². The highest BCUT2D eigenvalue weighted by atomic mass is 32.2. The normalized spacial score (nSPS) is 18.5. The fourth-order valence-corrected chi connectivity index (χ4v) is 4.48. The van der Waals surface area contributed by atoms with E-state index in [9.17, 15) is 8.42 Å². The van der Waals surface area contributed by atoms with E-state index in [4.69, 9.17) is 9.47 Å². The molecule has 0 aromatic heterocycles. The first-order valence-corrected chi connectivity index (χ1v) is 9.47. The molecule has 0 aliphatic carbocycles. The smallest absolute Gasteiger partial charge is 0.216 e. The number of hydrogen-bond acceptors (Lipinski definition) is 5. The molecule has 23 heavy (non-hydrogen) atoms. The first kappa shape index (κ1) is 18.0. The number of sulfonamides is 1.